The zero-order chi connectivity index (χ0) is 10.7. The van der Waals surface area contributed by atoms with E-state index in [-0.39, 0.29) is 0 Å². The van der Waals surface area contributed by atoms with Crippen LogP contribution in [0.15, 0.2) is 34.9 Å². The number of nitrogens with two attached hydrogens (primary N) is 1. The Hall–Kier alpha value is -0.800. The predicted octanol–water partition coefficient (Wildman–Crippen LogP) is 3.14. The van der Waals surface area contributed by atoms with Crippen molar-refractivity contribution in [3.05, 3.63) is 34.9 Å². The van der Waals surface area contributed by atoms with Gasteiger partial charge in [0.05, 0.1) is 0 Å². The van der Waals surface area contributed by atoms with E-state index in [1.165, 1.54) is 10.9 Å². The molecule has 0 saturated heterocycles. The molecule has 15 heavy (non-hydrogen) atoms. The lowest BCUT2D eigenvalue weighted by molar-refractivity contribution is 0.630. The van der Waals surface area contributed by atoms with E-state index in [1.54, 1.807) is 0 Å². The van der Waals surface area contributed by atoms with Crippen molar-refractivity contribution in [2.45, 2.75) is 19.4 Å². The van der Waals surface area contributed by atoms with Gasteiger partial charge in [0.15, 0.2) is 0 Å². The van der Waals surface area contributed by atoms with Gasteiger partial charge in [0.25, 0.3) is 0 Å². The Bertz CT molecular complexity index is 448. The van der Waals surface area contributed by atoms with Crippen LogP contribution in [0.25, 0.3) is 10.9 Å². The number of hydrogen-bond donors (Lipinski definition) is 1. The summed E-state index contributed by atoms with van der Waals surface area (Å²) in [6.07, 6.45) is 4.38. The first kappa shape index (κ1) is 10.7. The van der Waals surface area contributed by atoms with Gasteiger partial charge in [-0.05, 0) is 37.6 Å². The van der Waals surface area contributed by atoms with Crippen molar-refractivity contribution < 1.29 is 0 Å². The van der Waals surface area contributed by atoms with Gasteiger partial charge in [-0.2, -0.15) is 0 Å². The molecule has 0 spiro atoms. The van der Waals surface area contributed by atoms with Gasteiger partial charge in [0, 0.05) is 28.1 Å². The summed E-state index contributed by atoms with van der Waals surface area (Å²) in [6, 6.07) is 8.46. The Morgan fingerprint density at radius 2 is 2.07 bits per heavy atom. The molecule has 0 fully saturated rings. The van der Waals surface area contributed by atoms with Gasteiger partial charge in [0.1, 0.15) is 0 Å². The van der Waals surface area contributed by atoms with E-state index < -0.39 is 0 Å². The van der Waals surface area contributed by atoms with Crippen LogP contribution in [0.4, 0.5) is 0 Å². The van der Waals surface area contributed by atoms with Crippen molar-refractivity contribution in [1.82, 2.24) is 4.57 Å². The number of rotatable bonds is 4. The van der Waals surface area contributed by atoms with Gasteiger partial charge in [0.2, 0.25) is 0 Å². The molecule has 0 atom stereocenters. The first-order chi connectivity index (χ1) is 7.33. The fourth-order valence-corrected chi connectivity index (χ4v) is 2.30. The third kappa shape index (κ3) is 2.24. The zero-order valence-electron chi connectivity index (χ0n) is 8.62. The molecule has 1 aromatic carbocycles. The lowest BCUT2D eigenvalue weighted by Crippen LogP contribution is -2.02. The first-order valence-electron chi connectivity index (χ1n) is 5.26. The van der Waals surface area contributed by atoms with E-state index >= 15 is 0 Å². The fourth-order valence-electron chi connectivity index (χ4n) is 1.81. The van der Waals surface area contributed by atoms with E-state index in [1.807, 2.05) is 0 Å². The topological polar surface area (TPSA) is 30.9 Å². The SMILES string of the molecule is NCCCCn1ccc2c(Br)cccc21. The van der Waals surface area contributed by atoms with E-state index in [4.69, 9.17) is 5.73 Å². The monoisotopic (exact) mass is 266 g/mol. The molecule has 3 heteroatoms. The van der Waals surface area contributed by atoms with Crippen LogP contribution in [0, 0.1) is 0 Å². The lowest BCUT2D eigenvalue weighted by Gasteiger charge is -2.04. The Labute approximate surface area is 98.2 Å². The molecule has 0 bridgehead atoms. The molecule has 0 aliphatic carbocycles. The molecule has 0 amide bonds. The maximum Gasteiger partial charge on any atom is 0.0491 e. The molecule has 0 saturated carbocycles. The smallest absolute Gasteiger partial charge is 0.0491 e. The molecule has 80 valence electrons. The van der Waals surface area contributed by atoms with Crippen LogP contribution in [0.1, 0.15) is 12.8 Å². The summed E-state index contributed by atoms with van der Waals surface area (Å²) < 4.78 is 3.45. The predicted molar refractivity (Wildman–Crippen MR) is 67.9 cm³/mol. The molecular weight excluding hydrogens is 252 g/mol. The standard InChI is InChI=1S/C12H15BrN2/c13-11-4-3-5-12-10(11)6-9-15(12)8-2-1-7-14/h3-6,9H,1-2,7-8,14H2. The Balaban J connectivity index is 2.25. The number of aryl methyl sites for hydroxylation is 1. The molecule has 2 N–H and O–H groups in total. The number of hydrogen-bond acceptors (Lipinski definition) is 1. The van der Waals surface area contributed by atoms with E-state index in [0.29, 0.717) is 0 Å². The normalized spacial score (nSPS) is 11.1. The highest BCUT2D eigenvalue weighted by Gasteiger charge is 2.02. The van der Waals surface area contributed by atoms with Gasteiger partial charge < -0.3 is 10.3 Å². The van der Waals surface area contributed by atoms with Gasteiger partial charge in [-0.3, -0.25) is 0 Å². The third-order valence-corrected chi connectivity index (χ3v) is 3.31. The summed E-state index contributed by atoms with van der Waals surface area (Å²) in [7, 11) is 0. The Morgan fingerprint density at radius 1 is 1.20 bits per heavy atom. The highest BCUT2D eigenvalue weighted by Crippen LogP contribution is 2.24. The summed E-state index contributed by atoms with van der Waals surface area (Å²) in [5.41, 5.74) is 6.78. The van der Waals surface area contributed by atoms with Crippen molar-refractivity contribution in [2.24, 2.45) is 5.73 Å². The second-order valence-corrected chi connectivity index (χ2v) is 4.53. The van der Waals surface area contributed by atoms with Crippen LogP contribution < -0.4 is 5.73 Å². The molecule has 2 aromatic rings. The summed E-state index contributed by atoms with van der Waals surface area (Å²) in [5, 5.41) is 1.28. The third-order valence-electron chi connectivity index (χ3n) is 2.61. The summed E-state index contributed by atoms with van der Waals surface area (Å²) >= 11 is 3.56. The zero-order valence-corrected chi connectivity index (χ0v) is 10.2. The van der Waals surface area contributed by atoms with Crippen LogP contribution in [-0.2, 0) is 6.54 Å². The molecule has 0 aliphatic rings. The molecule has 0 aliphatic heterocycles. The van der Waals surface area contributed by atoms with E-state index in [9.17, 15) is 0 Å². The maximum absolute atomic E-state index is 5.49. The van der Waals surface area contributed by atoms with Gasteiger partial charge in [-0.15, -0.1) is 0 Å². The highest BCUT2D eigenvalue weighted by molar-refractivity contribution is 9.10. The van der Waals surface area contributed by atoms with Crippen LogP contribution in [-0.4, -0.2) is 11.1 Å². The van der Waals surface area contributed by atoms with Crippen LogP contribution >= 0.6 is 15.9 Å². The second-order valence-electron chi connectivity index (χ2n) is 3.68. The number of fused-ring (bicyclic) bond motifs is 1. The molecular formula is C12H15BrN2. The number of nitrogens with zero attached hydrogens (tertiary/aromatic N) is 1. The first-order valence-corrected chi connectivity index (χ1v) is 6.05. The van der Waals surface area contributed by atoms with Crippen molar-refractivity contribution in [2.75, 3.05) is 6.54 Å². The number of halogens is 1. The van der Waals surface area contributed by atoms with E-state index in [0.717, 1.165) is 30.4 Å². The van der Waals surface area contributed by atoms with Crippen molar-refractivity contribution in [1.29, 1.82) is 0 Å². The second kappa shape index (κ2) is 4.81. The average molecular weight is 267 g/mol. The summed E-state index contributed by atoms with van der Waals surface area (Å²) in [5.74, 6) is 0. The summed E-state index contributed by atoms with van der Waals surface area (Å²) in [4.78, 5) is 0. The molecule has 0 radical (unpaired) electrons. The van der Waals surface area contributed by atoms with Crippen LogP contribution in [0.5, 0.6) is 0 Å². The minimum absolute atomic E-state index is 0.781. The quantitative estimate of drug-likeness (QED) is 0.848. The van der Waals surface area contributed by atoms with Crippen molar-refractivity contribution in [3.8, 4) is 0 Å². The molecule has 2 rings (SSSR count). The van der Waals surface area contributed by atoms with Gasteiger partial charge in [-0.25, -0.2) is 0 Å². The molecule has 1 heterocycles. The minimum atomic E-state index is 0.781. The molecule has 1 aromatic heterocycles. The minimum Gasteiger partial charge on any atom is -0.347 e. The number of benzene rings is 1. The number of unbranched alkanes of at least 4 members (excludes halogenated alkanes) is 1. The van der Waals surface area contributed by atoms with Crippen LogP contribution in [0.3, 0.4) is 0 Å². The maximum atomic E-state index is 5.49. The Morgan fingerprint density at radius 3 is 2.87 bits per heavy atom. The van der Waals surface area contributed by atoms with Gasteiger partial charge in [-0.1, -0.05) is 22.0 Å². The largest absolute Gasteiger partial charge is 0.347 e. The molecule has 0 unspecified atom stereocenters. The van der Waals surface area contributed by atoms with E-state index in [2.05, 4.69) is 51.0 Å². The fraction of sp³-hybridized carbons (Fsp3) is 0.333. The van der Waals surface area contributed by atoms with Gasteiger partial charge >= 0.3 is 0 Å². The lowest BCUT2D eigenvalue weighted by atomic mass is 10.2. The van der Waals surface area contributed by atoms with Crippen molar-refractivity contribution in [3.63, 3.8) is 0 Å². The molecule has 2 nitrogen and oxygen atoms in total. The summed E-state index contributed by atoms with van der Waals surface area (Å²) in [6.45, 7) is 1.83. The Kier molecular flexibility index (Phi) is 3.44. The highest BCUT2D eigenvalue weighted by atomic mass is 79.9. The van der Waals surface area contributed by atoms with Crippen LogP contribution in [0.2, 0.25) is 0 Å². The van der Waals surface area contributed by atoms with Crippen molar-refractivity contribution >= 4 is 26.8 Å². The number of aromatic nitrogens is 1. The average Bonchev–Trinajstić information content (AvgIpc) is 2.64.